The molecule has 2 rings (SSSR count). The van der Waals surface area contributed by atoms with Crippen molar-refractivity contribution < 1.29 is 9.59 Å². The van der Waals surface area contributed by atoms with Gasteiger partial charge in [0.05, 0.1) is 0 Å². The minimum Gasteiger partial charge on any atom is -0.329 e. The summed E-state index contributed by atoms with van der Waals surface area (Å²) in [7, 11) is 0. The number of carbonyl (C=O) groups excluding carboxylic acids is 2. The van der Waals surface area contributed by atoms with Gasteiger partial charge in [-0.15, -0.1) is 0 Å². The number of carbonyl (C=O) groups is 2. The summed E-state index contributed by atoms with van der Waals surface area (Å²) < 4.78 is 0. The largest absolute Gasteiger partial charge is 0.329 e. The van der Waals surface area contributed by atoms with Gasteiger partial charge >= 0.3 is 0 Å². The van der Waals surface area contributed by atoms with E-state index in [1.165, 1.54) is 0 Å². The molecule has 0 aliphatic carbocycles. The smallest absolute Gasteiger partial charge is 0.246 e. The van der Waals surface area contributed by atoms with Gasteiger partial charge in [0.25, 0.3) is 0 Å². The number of nitrogens with zero attached hydrogens (tertiary/aromatic N) is 2. The molecule has 0 spiro atoms. The van der Waals surface area contributed by atoms with Crippen LogP contribution in [0.3, 0.4) is 0 Å². The predicted octanol–water partition coefficient (Wildman–Crippen LogP) is 2.03. The Hall–Kier alpha value is -1.06. The van der Waals surface area contributed by atoms with Crippen molar-refractivity contribution in [2.45, 2.75) is 71.5 Å². The Labute approximate surface area is 116 Å². The Kier molecular flexibility index (Phi) is 4.16. The van der Waals surface area contributed by atoms with Gasteiger partial charge in [0.1, 0.15) is 12.1 Å². The summed E-state index contributed by atoms with van der Waals surface area (Å²) in [5.41, 5.74) is 0. The van der Waals surface area contributed by atoms with Gasteiger partial charge in [-0.25, -0.2) is 0 Å². The van der Waals surface area contributed by atoms with Gasteiger partial charge in [-0.3, -0.25) is 9.59 Å². The molecule has 0 saturated carbocycles. The van der Waals surface area contributed by atoms with Gasteiger partial charge in [0.15, 0.2) is 0 Å². The van der Waals surface area contributed by atoms with Crippen molar-refractivity contribution in [3.8, 4) is 0 Å². The molecule has 4 nitrogen and oxygen atoms in total. The van der Waals surface area contributed by atoms with Gasteiger partial charge in [-0.05, 0) is 38.5 Å². The molecule has 0 bridgehead atoms. The number of amides is 2. The molecule has 2 saturated heterocycles. The molecule has 2 fully saturated rings. The molecule has 19 heavy (non-hydrogen) atoms. The molecular weight excluding hydrogens is 240 g/mol. The molecular formula is C15H26N2O2. The summed E-state index contributed by atoms with van der Waals surface area (Å²) in [6, 6.07) is -0.310. The summed E-state index contributed by atoms with van der Waals surface area (Å²) in [6.45, 7) is 9.00. The summed E-state index contributed by atoms with van der Waals surface area (Å²) in [5, 5.41) is 0. The highest BCUT2D eigenvalue weighted by Crippen LogP contribution is 2.30. The second-order valence-corrected chi connectivity index (χ2v) is 6.18. The van der Waals surface area contributed by atoms with E-state index >= 15 is 0 Å². The fraction of sp³-hybridized carbons (Fsp3) is 0.867. The third kappa shape index (κ3) is 2.37. The van der Waals surface area contributed by atoms with Crippen molar-refractivity contribution in [1.82, 2.24) is 9.80 Å². The minimum absolute atomic E-state index is 0.142. The van der Waals surface area contributed by atoms with Crippen molar-refractivity contribution in [1.29, 1.82) is 0 Å². The Morgan fingerprint density at radius 1 is 1.21 bits per heavy atom. The van der Waals surface area contributed by atoms with Crippen LogP contribution in [0, 0.1) is 5.92 Å². The lowest BCUT2D eigenvalue weighted by Crippen LogP contribution is -2.67. The van der Waals surface area contributed by atoms with Crippen molar-refractivity contribution in [2.24, 2.45) is 5.92 Å². The van der Waals surface area contributed by atoms with E-state index in [4.69, 9.17) is 0 Å². The molecule has 0 aromatic rings. The zero-order chi connectivity index (χ0) is 14.2. The first kappa shape index (κ1) is 14.4. The van der Waals surface area contributed by atoms with E-state index in [0.717, 1.165) is 32.2 Å². The number of hydrogen-bond acceptors (Lipinski definition) is 2. The number of rotatable bonds is 3. The number of fused-ring (bicyclic) bond motifs is 1. The standard InChI is InChI=1S/C15H26N2O2/c1-5-12(10(2)3)17-11(4)14(18)16-9-7-6-8-13(16)15(17)19/h10-13H,5-9H2,1-4H3. The summed E-state index contributed by atoms with van der Waals surface area (Å²) in [5.74, 6) is 0.704. The first-order chi connectivity index (χ1) is 8.99. The first-order valence-electron chi connectivity index (χ1n) is 7.61. The average Bonchev–Trinajstić information content (AvgIpc) is 2.40. The average molecular weight is 266 g/mol. The lowest BCUT2D eigenvalue weighted by Gasteiger charge is -2.49. The van der Waals surface area contributed by atoms with Crippen LogP contribution >= 0.6 is 0 Å². The molecule has 2 amide bonds. The fourth-order valence-electron chi connectivity index (χ4n) is 3.61. The van der Waals surface area contributed by atoms with Gasteiger partial charge in [-0.2, -0.15) is 0 Å². The number of hydrogen-bond donors (Lipinski definition) is 0. The molecule has 2 heterocycles. The lowest BCUT2D eigenvalue weighted by atomic mass is 9.91. The van der Waals surface area contributed by atoms with Gasteiger partial charge < -0.3 is 9.80 Å². The van der Waals surface area contributed by atoms with Gasteiger partial charge in [-0.1, -0.05) is 20.8 Å². The quantitative estimate of drug-likeness (QED) is 0.784. The molecule has 0 radical (unpaired) electrons. The van der Waals surface area contributed by atoms with Crippen LogP contribution in [0.25, 0.3) is 0 Å². The van der Waals surface area contributed by atoms with Crippen molar-refractivity contribution in [3.63, 3.8) is 0 Å². The maximum absolute atomic E-state index is 12.8. The SMILES string of the molecule is CCC(C(C)C)N1C(=O)C2CCCCN2C(=O)C1C. The van der Waals surface area contributed by atoms with Gasteiger partial charge in [0, 0.05) is 12.6 Å². The molecule has 0 aromatic carbocycles. The van der Waals surface area contributed by atoms with E-state index < -0.39 is 0 Å². The summed E-state index contributed by atoms with van der Waals surface area (Å²) in [6.07, 6.45) is 3.83. The minimum atomic E-state index is -0.297. The van der Waals surface area contributed by atoms with E-state index in [1.807, 2.05) is 16.7 Å². The van der Waals surface area contributed by atoms with E-state index in [0.29, 0.717) is 5.92 Å². The van der Waals surface area contributed by atoms with Crippen LogP contribution in [0.5, 0.6) is 0 Å². The monoisotopic (exact) mass is 266 g/mol. The van der Waals surface area contributed by atoms with Gasteiger partial charge in [0.2, 0.25) is 11.8 Å². The molecule has 0 aromatic heterocycles. The van der Waals surface area contributed by atoms with Crippen LogP contribution in [-0.4, -0.2) is 46.3 Å². The zero-order valence-corrected chi connectivity index (χ0v) is 12.6. The molecule has 2 aliphatic rings. The van der Waals surface area contributed by atoms with Crippen LogP contribution in [0.15, 0.2) is 0 Å². The molecule has 3 unspecified atom stereocenters. The first-order valence-corrected chi connectivity index (χ1v) is 7.61. The maximum atomic E-state index is 12.8. The second kappa shape index (κ2) is 5.51. The Balaban J connectivity index is 2.28. The molecule has 108 valence electrons. The lowest BCUT2D eigenvalue weighted by molar-refractivity contribution is -0.166. The Morgan fingerprint density at radius 3 is 2.47 bits per heavy atom. The van der Waals surface area contributed by atoms with Crippen molar-refractivity contribution in [3.05, 3.63) is 0 Å². The Bertz CT molecular complexity index is 367. The second-order valence-electron chi connectivity index (χ2n) is 6.18. The molecule has 2 aliphatic heterocycles. The van der Waals surface area contributed by atoms with E-state index in [9.17, 15) is 9.59 Å². The van der Waals surface area contributed by atoms with Crippen LogP contribution < -0.4 is 0 Å². The predicted molar refractivity (Wildman–Crippen MR) is 74.6 cm³/mol. The molecule has 0 N–H and O–H groups in total. The topological polar surface area (TPSA) is 40.6 Å². The van der Waals surface area contributed by atoms with Crippen LogP contribution in [0.4, 0.5) is 0 Å². The third-order valence-electron chi connectivity index (χ3n) is 4.65. The van der Waals surface area contributed by atoms with Crippen molar-refractivity contribution in [2.75, 3.05) is 6.54 Å². The van der Waals surface area contributed by atoms with E-state index in [1.54, 1.807) is 0 Å². The third-order valence-corrected chi connectivity index (χ3v) is 4.65. The maximum Gasteiger partial charge on any atom is 0.246 e. The van der Waals surface area contributed by atoms with Crippen LogP contribution in [0.2, 0.25) is 0 Å². The Morgan fingerprint density at radius 2 is 1.89 bits per heavy atom. The van der Waals surface area contributed by atoms with E-state index in [2.05, 4.69) is 20.8 Å². The van der Waals surface area contributed by atoms with Crippen molar-refractivity contribution >= 4 is 11.8 Å². The number of piperidine rings is 1. The highest BCUT2D eigenvalue weighted by molar-refractivity contribution is 5.97. The number of piperazine rings is 1. The fourth-order valence-corrected chi connectivity index (χ4v) is 3.61. The van der Waals surface area contributed by atoms with Crippen LogP contribution in [0.1, 0.15) is 53.4 Å². The molecule has 4 heteroatoms. The highest BCUT2D eigenvalue weighted by Gasteiger charge is 2.46. The van der Waals surface area contributed by atoms with E-state index in [-0.39, 0.29) is 29.9 Å². The summed E-state index contributed by atoms with van der Waals surface area (Å²) >= 11 is 0. The summed E-state index contributed by atoms with van der Waals surface area (Å²) in [4.78, 5) is 28.9. The highest BCUT2D eigenvalue weighted by atomic mass is 16.2. The van der Waals surface area contributed by atoms with Crippen LogP contribution in [-0.2, 0) is 9.59 Å². The normalized spacial score (nSPS) is 29.7. The molecule has 3 atom stereocenters. The zero-order valence-electron chi connectivity index (χ0n) is 12.6.